The number of benzene rings is 1. The van der Waals surface area contributed by atoms with Crippen molar-refractivity contribution in [3.05, 3.63) is 35.4 Å². The van der Waals surface area contributed by atoms with Crippen LogP contribution in [0.2, 0.25) is 0 Å². The van der Waals surface area contributed by atoms with Gasteiger partial charge in [-0.1, -0.05) is 18.2 Å². The van der Waals surface area contributed by atoms with Crippen molar-refractivity contribution in [2.24, 2.45) is 0 Å². The second-order valence-electron chi connectivity index (χ2n) is 3.59. The summed E-state index contributed by atoms with van der Waals surface area (Å²) in [6, 6.07) is 7.66. The molecule has 0 spiro atoms. The lowest BCUT2D eigenvalue weighted by Gasteiger charge is -2.18. The van der Waals surface area contributed by atoms with Gasteiger partial charge in [-0.15, -0.1) is 0 Å². The van der Waals surface area contributed by atoms with Crippen LogP contribution in [0.5, 0.6) is 0 Å². The van der Waals surface area contributed by atoms with Gasteiger partial charge in [0, 0.05) is 18.8 Å². The Balaban J connectivity index is 2.86. The standard InChI is InChI=1S/C13H20O3/c1-4-15-13(16-5-2)12-8-6-7-11(9-12)10(3)14/h6-10,13-14H,4-5H2,1-3H3. The molecule has 0 radical (unpaired) electrons. The molecule has 0 fully saturated rings. The molecule has 0 saturated carbocycles. The summed E-state index contributed by atoms with van der Waals surface area (Å²) in [6.45, 7) is 6.82. The SMILES string of the molecule is CCOC(OCC)c1cccc(C(C)O)c1. The molecule has 1 aromatic rings. The molecule has 1 unspecified atom stereocenters. The maximum atomic E-state index is 9.51. The first-order valence-electron chi connectivity index (χ1n) is 5.70. The highest BCUT2D eigenvalue weighted by Gasteiger charge is 2.12. The molecule has 1 rings (SSSR count). The number of hydrogen-bond acceptors (Lipinski definition) is 3. The molecule has 0 aliphatic carbocycles. The van der Waals surface area contributed by atoms with Gasteiger partial charge >= 0.3 is 0 Å². The highest BCUT2D eigenvalue weighted by atomic mass is 16.7. The third kappa shape index (κ3) is 3.59. The summed E-state index contributed by atoms with van der Waals surface area (Å²) < 4.78 is 11.0. The van der Waals surface area contributed by atoms with Crippen molar-refractivity contribution >= 4 is 0 Å². The van der Waals surface area contributed by atoms with E-state index in [2.05, 4.69) is 0 Å². The lowest BCUT2D eigenvalue weighted by molar-refractivity contribution is -0.140. The molecule has 16 heavy (non-hydrogen) atoms. The quantitative estimate of drug-likeness (QED) is 0.755. The summed E-state index contributed by atoms with van der Waals surface area (Å²) >= 11 is 0. The van der Waals surface area contributed by atoms with Crippen LogP contribution in [0, 0.1) is 0 Å². The number of aliphatic hydroxyl groups is 1. The molecule has 3 heteroatoms. The van der Waals surface area contributed by atoms with Crippen LogP contribution in [0.15, 0.2) is 24.3 Å². The van der Waals surface area contributed by atoms with Gasteiger partial charge in [0.05, 0.1) is 6.10 Å². The van der Waals surface area contributed by atoms with E-state index in [1.54, 1.807) is 6.92 Å². The number of hydrogen-bond donors (Lipinski definition) is 1. The zero-order valence-corrected chi connectivity index (χ0v) is 10.1. The maximum Gasteiger partial charge on any atom is 0.183 e. The number of aliphatic hydroxyl groups excluding tert-OH is 1. The Labute approximate surface area is 97.0 Å². The predicted octanol–water partition coefficient (Wildman–Crippen LogP) is 2.81. The van der Waals surface area contributed by atoms with Crippen LogP contribution in [0.1, 0.15) is 44.3 Å². The van der Waals surface area contributed by atoms with Gasteiger partial charge in [-0.3, -0.25) is 0 Å². The van der Waals surface area contributed by atoms with Gasteiger partial charge in [0.25, 0.3) is 0 Å². The van der Waals surface area contributed by atoms with Crippen molar-refractivity contribution in [1.29, 1.82) is 0 Å². The molecule has 1 N–H and O–H groups in total. The molecule has 0 aliphatic rings. The lowest BCUT2D eigenvalue weighted by Crippen LogP contribution is -2.09. The second kappa shape index (κ2) is 6.63. The van der Waals surface area contributed by atoms with E-state index in [0.29, 0.717) is 13.2 Å². The first kappa shape index (κ1) is 13.2. The lowest BCUT2D eigenvalue weighted by atomic mass is 10.1. The molecule has 0 aromatic heterocycles. The Hall–Kier alpha value is -0.900. The predicted molar refractivity (Wildman–Crippen MR) is 63.1 cm³/mol. The highest BCUT2D eigenvalue weighted by Crippen LogP contribution is 2.22. The van der Waals surface area contributed by atoms with Crippen LogP contribution in [0.25, 0.3) is 0 Å². The van der Waals surface area contributed by atoms with E-state index in [1.807, 2.05) is 38.1 Å². The van der Waals surface area contributed by atoms with Gasteiger partial charge in [0.15, 0.2) is 6.29 Å². The van der Waals surface area contributed by atoms with Crippen LogP contribution in [0.4, 0.5) is 0 Å². The van der Waals surface area contributed by atoms with Crippen LogP contribution in [0.3, 0.4) is 0 Å². The first-order valence-corrected chi connectivity index (χ1v) is 5.70. The van der Waals surface area contributed by atoms with Gasteiger partial charge < -0.3 is 14.6 Å². The summed E-state index contributed by atoms with van der Waals surface area (Å²) in [7, 11) is 0. The van der Waals surface area contributed by atoms with E-state index >= 15 is 0 Å². The minimum absolute atomic E-state index is 0.339. The summed E-state index contributed by atoms with van der Waals surface area (Å²) in [5.74, 6) is 0. The van der Waals surface area contributed by atoms with Gasteiger partial charge in [-0.05, 0) is 32.4 Å². The van der Waals surface area contributed by atoms with Crippen molar-refractivity contribution in [3.8, 4) is 0 Å². The van der Waals surface area contributed by atoms with Crippen LogP contribution in [-0.4, -0.2) is 18.3 Å². The zero-order valence-electron chi connectivity index (χ0n) is 10.1. The number of ether oxygens (including phenoxy) is 2. The van der Waals surface area contributed by atoms with E-state index in [9.17, 15) is 5.11 Å². The average Bonchev–Trinajstić information content (AvgIpc) is 2.29. The largest absolute Gasteiger partial charge is 0.389 e. The molecular weight excluding hydrogens is 204 g/mol. The summed E-state index contributed by atoms with van der Waals surface area (Å²) in [4.78, 5) is 0. The maximum absolute atomic E-state index is 9.51. The highest BCUT2D eigenvalue weighted by molar-refractivity contribution is 5.25. The van der Waals surface area contributed by atoms with Crippen LogP contribution >= 0.6 is 0 Å². The van der Waals surface area contributed by atoms with Crippen molar-refractivity contribution in [1.82, 2.24) is 0 Å². The van der Waals surface area contributed by atoms with Gasteiger partial charge in [0.1, 0.15) is 0 Å². The molecule has 0 heterocycles. The molecular formula is C13H20O3. The average molecular weight is 224 g/mol. The van der Waals surface area contributed by atoms with E-state index in [0.717, 1.165) is 11.1 Å². The second-order valence-corrected chi connectivity index (χ2v) is 3.59. The molecule has 0 aliphatic heterocycles. The monoisotopic (exact) mass is 224 g/mol. The minimum atomic E-state index is -0.469. The molecule has 0 saturated heterocycles. The Morgan fingerprint density at radius 3 is 2.19 bits per heavy atom. The summed E-state index contributed by atoms with van der Waals surface area (Å²) in [5, 5.41) is 9.51. The van der Waals surface area contributed by atoms with Gasteiger partial charge in [0.2, 0.25) is 0 Å². The third-order valence-electron chi connectivity index (χ3n) is 2.30. The summed E-state index contributed by atoms with van der Waals surface area (Å²) in [6.07, 6.45) is -0.808. The first-order chi connectivity index (χ1) is 7.69. The molecule has 90 valence electrons. The fraction of sp³-hybridized carbons (Fsp3) is 0.538. The fourth-order valence-corrected chi connectivity index (χ4v) is 1.51. The van der Waals surface area contributed by atoms with Crippen LogP contribution < -0.4 is 0 Å². The van der Waals surface area contributed by atoms with Crippen LogP contribution in [-0.2, 0) is 9.47 Å². The van der Waals surface area contributed by atoms with Crippen molar-refractivity contribution in [3.63, 3.8) is 0 Å². The molecule has 3 nitrogen and oxygen atoms in total. The van der Waals surface area contributed by atoms with Crippen molar-refractivity contribution in [2.75, 3.05) is 13.2 Å². The normalized spacial score (nSPS) is 13.1. The Bertz CT molecular complexity index is 304. The van der Waals surface area contributed by atoms with Gasteiger partial charge in [-0.25, -0.2) is 0 Å². The Morgan fingerprint density at radius 1 is 1.12 bits per heavy atom. The molecule has 1 aromatic carbocycles. The number of rotatable bonds is 6. The fourth-order valence-electron chi connectivity index (χ4n) is 1.51. The van der Waals surface area contributed by atoms with Crippen molar-refractivity contribution < 1.29 is 14.6 Å². The Morgan fingerprint density at radius 2 is 1.69 bits per heavy atom. The molecule has 0 amide bonds. The third-order valence-corrected chi connectivity index (χ3v) is 2.30. The summed E-state index contributed by atoms with van der Waals surface area (Å²) in [5.41, 5.74) is 1.82. The Kier molecular flexibility index (Phi) is 5.46. The van der Waals surface area contributed by atoms with E-state index in [-0.39, 0.29) is 6.29 Å². The smallest absolute Gasteiger partial charge is 0.183 e. The zero-order chi connectivity index (χ0) is 12.0. The van der Waals surface area contributed by atoms with E-state index in [1.165, 1.54) is 0 Å². The molecule has 1 atom stereocenters. The van der Waals surface area contributed by atoms with Crippen molar-refractivity contribution in [2.45, 2.75) is 33.2 Å². The van der Waals surface area contributed by atoms with E-state index < -0.39 is 6.10 Å². The minimum Gasteiger partial charge on any atom is -0.389 e. The van der Waals surface area contributed by atoms with Gasteiger partial charge in [-0.2, -0.15) is 0 Å². The topological polar surface area (TPSA) is 38.7 Å². The molecule has 0 bridgehead atoms. The van der Waals surface area contributed by atoms with E-state index in [4.69, 9.17) is 9.47 Å².